The molecular weight excluding hydrogens is 368 g/mol. The van der Waals surface area contributed by atoms with Crippen LogP contribution in [0.1, 0.15) is 24.5 Å². The molecule has 2 aromatic rings. The molecule has 0 spiro atoms. The fourth-order valence-corrected chi connectivity index (χ4v) is 2.68. The van der Waals surface area contributed by atoms with Crippen molar-refractivity contribution in [3.8, 4) is 0 Å². The number of halogens is 1. The molecule has 0 aliphatic rings. The lowest BCUT2D eigenvalue weighted by Gasteiger charge is -2.21. The van der Waals surface area contributed by atoms with Gasteiger partial charge in [-0.25, -0.2) is 0 Å². The lowest BCUT2D eigenvalue weighted by atomic mass is 10.2. The highest BCUT2D eigenvalue weighted by Gasteiger charge is 2.13. The first kappa shape index (κ1) is 18.2. The highest BCUT2D eigenvalue weighted by atomic mass is 79.9. The summed E-state index contributed by atoms with van der Waals surface area (Å²) in [4.78, 5) is 25.6. The van der Waals surface area contributed by atoms with Crippen LogP contribution in [0.25, 0.3) is 0 Å². The smallest absolute Gasteiger partial charge is 0.226 e. The Labute approximate surface area is 151 Å². The predicted octanol–water partition coefficient (Wildman–Crippen LogP) is 4.45. The summed E-state index contributed by atoms with van der Waals surface area (Å²) in [5.74, 6) is -0.200. The number of nitrogens with zero attached hydrogens (tertiary/aromatic N) is 1. The van der Waals surface area contributed by atoms with Gasteiger partial charge in [-0.1, -0.05) is 39.7 Å². The van der Waals surface area contributed by atoms with Crippen LogP contribution in [0, 0.1) is 13.8 Å². The van der Waals surface area contributed by atoms with Crippen LogP contribution in [-0.2, 0) is 9.59 Å². The molecule has 0 saturated heterocycles. The van der Waals surface area contributed by atoms with Crippen LogP contribution >= 0.6 is 15.9 Å². The average Bonchev–Trinajstić information content (AvgIpc) is 2.52. The second kappa shape index (κ2) is 8.11. The fourth-order valence-electron chi connectivity index (χ4n) is 2.30. The van der Waals surface area contributed by atoms with Gasteiger partial charge in [-0.15, -0.1) is 0 Å². The summed E-state index contributed by atoms with van der Waals surface area (Å²) in [6.45, 7) is 5.84. The molecule has 2 rings (SSSR count). The number of rotatable bonds is 5. The summed E-state index contributed by atoms with van der Waals surface area (Å²) in [7, 11) is 0. The predicted molar refractivity (Wildman–Crippen MR) is 101 cm³/mol. The van der Waals surface area contributed by atoms with E-state index in [-0.39, 0.29) is 18.2 Å². The molecule has 0 heterocycles. The number of carbonyl (C=O) groups is 2. The molecule has 24 heavy (non-hydrogen) atoms. The van der Waals surface area contributed by atoms with Crippen molar-refractivity contribution in [2.24, 2.45) is 0 Å². The average molecular weight is 389 g/mol. The van der Waals surface area contributed by atoms with Gasteiger partial charge in [0.05, 0.1) is 0 Å². The van der Waals surface area contributed by atoms with Gasteiger partial charge in [0.2, 0.25) is 11.8 Å². The van der Waals surface area contributed by atoms with Crippen LogP contribution in [-0.4, -0.2) is 18.4 Å². The molecule has 0 atom stereocenters. The Morgan fingerprint density at radius 2 is 1.75 bits per heavy atom. The van der Waals surface area contributed by atoms with Crippen molar-refractivity contribution in [3.63, 3.8) is 0 Å². The molecule has 0 aliphatic heterocycles. The minimum atomic E-state index is -0.121. The Hall–Kier alpha value is -2.14. The zero-order valence-corrected chi connectivity index (χ0v) is 15.7. The van der Waals surface area contributed by atoms with E-state index in [1.807, 2.05) is 56.3 Å². The highest BCUT2D eigenvalue weighted by Crippen LogP contribution is 2.21. The van der Waals surface area contributed by atoms with Crippen LogP contribution in [0.2, 0.25) is 0 Å². The first-order valence-electron chi connectivity index (χ1n) is 7.77. The molecule has 5 heteroatoms. The summed E-state index contributed by atoms with van der Waals surface area (Å²) < 4.78 is 0.949. The lowest BCUT2D eigenvalue weighted by molar-refractivity contribution is -0.117. The maximum atomic E-state index is 12.2. The van der Waals surface area contributed by atoms with Crippen LogP contribution in [0.15, 0.2) is 46.9 Å². The molecule has 0 unspecified atom stereocenters. The first-order valence-corrected chi connectivity index (χ1v) is 8.57. The van der Waals surface area contributed by atoms with Crippen LogP contribution < -0.4 is 10.2 Å². The van der Waals surface area contributed by atoms with Gasteiger partial charge in [0.25, 0.3) is 0 Å². The molecule has 0 aliphatic carbocycles. The zero-order chi connectivity index (χ0) is 17.7. The molecule has 126 valence electrons. The molecule has 1 N–H and O–H groups in total. The van der Waals surface area contributed by atoms with Gasteiger partial charge in [0, 0.05) is 35.7 Å². The SMILES string of the molecule is CC(=O)N(CCC(=O)Nc1ccc(C)c(Br)c1)c1ccc(C)cc1. The van der Waals surface area contributed by atoms with E-state index in [9.17, 15) is 9.59 Å². The molecule has 0 fully saturated rings. The molecule has 2 amide bonds. The minimum absolute atomic E-state index is 0.0790. The van der Waals surface area contributed by atoms with E-state index in [0.717, 1.165) is 27.0 Å². The summed E-state index contributed by atoms with van der Waals surface area (Å²) in [5.41, 5.74) is 3.78. The number of anilines is 2. The van der Waals surface area contributed by atoms with Crippen molar-refractivity contribution < 1.29 is 9.59 Å². The number of benzene rings is 2. The number of hydrogen-bond acceptors (Lipinski definition) is 2. The molecule has 0 saturated carbocycles. The van der Waals surface area contributed by atoms with Gasteiger partial charge in [-0.3, -0.25) is 9.59 Å². The van der Waals surface area contributed by atoms with E-state index in [1.165, 1.54) is 6.92 Å². The van der Waals surface area contributed by atoms with Crippen molar-refractivity contribution in [2.75, 3.05) is 16.8 Å². The normalized spacial score (nSPS) is 10.3. The standard InChI is InChI=1S/C19H21BrN2O2/c1-13-4-8-17(9-5-13)22(15(3)23)11-10-19(24)21-16-7-6-14(2)18(20)12-16/h4-9,12H,10-11H2,1-3H3,(H,21,24). The third kappa shape index (κ3) is 4.93. The quantitative estimate of drug-likeness (QED) is 0.822. The summed E-state index contributed by atoms with van der Waals surface area (Å²) >= 11 is 3.45. The Balaban J connectivity index is 1.98. The van der Waals surface area contributed by atoms with Crippen molar-refractivity contribution in [1.82, 2.24) is 0 Å². The monoisotopic (exact) mass is 388 g/mol. The second-order valence-corrected chi connectivity index (χ2v) is 6.62. The zero-order valence-electron chi connectivity index (χ0n) is 14.1. The maximum Gasteiger partial charge on any atom is 0.226 e. The van der Waals surface area contributed by atoms with Gasteiger partial charge in [0.15, 0.2) is 0 Å². The minimum Gasteiger partial charge on any atom is -0.326 e. The molecule has 4 nitrogen and oxygen atoms in total. The van der Waals surface area contributed by atoms with E-state index >= 15 is 0 Å². The van der Waals surface area contributed by atoms with Gasteiger partial charge >= 0.3 is 0 Å². The summed E-state index contributed by atoms with van der Waals surface area (Å²) in [6, 6.07) is 13.4. The number of carbonyl (C=O) groups excluding carboxylic acids is 2. The number of nitrogens with one attached hydrogen (secondary N) is 1. The fraction of sp³-hybridized carbons (Fsp3) is 0.263. The maximum absolute atomic E-state index is 12.2. The Kier molecular flexibility index (Phi) is 6.15. The van der Waals surface area contributed by atoms with Crippen LogP contribution in [0.5, 0.6) is 0 Å². The van der Waals surface area contributed by atoms with Gasteiger partial charge < -0.3 is 10.2 Å². The summed E-state index contributed by atoms with van der Waals surface area (Å²) in [6.07, 6.45) is 0.235. The highest BCUT2D eigenvalue weighted by molar-refractivity contribution is 9.10. The molecular formula is C19H21BrN2O2. The van der Waals surface area contributed by atoms with Crippen molar-refractivity contribution in [3.05, 3.63) is 58.1 Å². The Morgan fingerprint density at radius 1 is 1.08 bits per heavy atom. The number of hydrogen-bond donors (Lipinski definition) is 1. The third-order valence-corrected chi connectivity index (χ3v) is 4.60. The Bertz CT molecular complexity index is 742. The first-order chi connectivity index (χ1) is 11.4. The lowest BCUT2D eigenvalue weighted by Crippen LogP contribution is -2.31. The van der Waals surface area contributed by atoms with Crippen LogP contribution in [0.4, 0.5) is 11.4 Å². The van der Waals surface area contributed by atoms with Crippen molar-refractivity contribution >= 4 is 39.1 Å². The molecule has 2 aromatic carbocycles. The Morgan fingerprint density at radius 3 is 2.33 bits per heavy atom. The van der Waals surface area contributed by atoms with E-state index in [4.69, 9.17) is 0 Å². The van der Waals surface area contributed by atoms with Gasteiger partial charge in [0.1, 0.15) is 0 Å². The third-order valence-electron chi connectivity index (χ3n) is 3.74. The largest absolute Gasteiger partial charge is 0.326 e. The number of aryl methyl sites for hydroxylation is 2. The topological polar surface area (TPSA) is 49.4 Å². The molecule has 0 radical (unpaired) electrons. The molecule has 0 aromatic heterocycles. The van der Waals surface area contributed by atoms with E-state index < -0.39 is 0 Å². The van der Waals surface area contributed by atoms with Crippen molar-refractivity contribution in [1.29, 1.82) is 0 Å². The summed E-state index contributed by atoms with van der Waals surface area (Å²) in [5, 5.41) is 2.86. The second-order valence-electron chi connectivity index (χ2n) is 5.77. The van der Waals surface area contributed by atoms with Gasteiger partial charge in [-0.2, -0.15) is 0 Å². The molecule has 0 bridgehead atoms. The van der Waals surface area contributed by atoms with E-state index in [0.29, 0.717) is 6.54 Å². The van der Waals surface area contributed by atoms with Gasteiger partial charge in [-0.05, 0) is 43.7 Å². The van der Waals surface area contributed by atoms with E-state index in [2.05, 4.69) is 21.2 Å². The van der Waals surface area contributed by atoms with E-state index in [1.54, 1.807) is 4.90 Å². The van der Waals surface area contributed by atoms with Crippen molar-refractivity contribution in [2.45, 2.75) is 27.2 Å². The van der Waals surface area contributed by atoms with Crippen LogP contribution in [0.3, 0.4) is 0 Å². The number of amides is 2.